The summed E-state index contributed by atoms with van der Waals surface area (Å²) in [6.07, 6.45) is 6.42. The average Bonchev–Trinajstić information content (AvgIpc) is 3.05. The molecule has 0 bridgehead atoms. The lowest BCUT2D eigenvalue weighted by molar-refractivity contribution is -0.141. The van der Waals surface area contributed by atoms with E-state index in [1.54, 1.807) is 0 Å². The Morgan fingerprint density at radius 2 is 1.74 bits per heavy atom. The molecule has 4 rings (SSSR count). The molecule has 1 aromatic heterocycles. The maximum Gasteiger partial charge on any atom is 0.246 e. The fourth-order valence-corrected chi connectivity index (χ4v) is 3.82. The van der Waals surface area contributed by atoms with Crippen LogP contribution in [0.4, 0.5) is 0 Å². The summed E-state index contributed by atoms with van der Waals surface area (Å²) >= 11 is 0. The number of carbonyl (C=O) groups excluding carboxylic acids is 2. The second kappa shape index (κ2) is 5.87. The van der Waals surface area contributed by atoms with E-state index in [-0.39, 0.29) is 42.6 Å². The molecular weight excluding hydrogens is 320 g/mol. The van der Waals surface area contributed by atoms with Crippen LogP contribution in [0, 0.1) is 11.8 Å². The van der Waals surface area contributed by atoms with Gasteiger partial charge in [-0.25, -0.2) is 0 Å². The summed E-state index contributed by atoms with van der Waals surface area (Å²) in [5, 5.41) is 3.93. The maximum atomic E-state index is 12.4. The number of hydrogen-bond donors (Lipinski definition) is 1. The van der Waals surface area contributed by atoms with E-state index < -0.39 is 5.54 Å². The third-order valence-electron chi connectivity index (χ3n) is 5.38. The standard InChI is InChI=1S/C15H20N4O3.ClH/c16-15(6-3-7-15)14-17-11(22-18-14)8-19-12(20)9-4-1-2-5-10(9)13(19)21;/h9-10H,1-8,16H2;1H. The molecule has 3 aliphatic rings. The molecule has 126 valence electrons. The molecule has 2 amide bonds. The Labute approximate surface area is 140 Å². The molecular formula is C15H21ClN4O3. The van der Waals surface area contributed by atoms with Gasteiger partial charge in [0.05, 0.1) is 17.4 Å². The monoisotopic (exact) mass is 340 g/mol. The third-order valence-corrected chi connectivity index (χ3v) is 5.38. The van der Waals surface area contributed by atoms with Gasteiger partial charge in [-0.1, -0.05) is 18.0 Å². The summed E-state index contributed by atoms with van der Waals surface area (Å²) in [4.78, 5) is 30.4. The molecule has 23 heavy (non-hydrogen) atoms. The van der Waals surface area contributed by atoms with Gasteiger partial charge in [-0.05, 0) is 32.1 Å². The first-order valence-electron chi connectivity index (χ1n) is 8.06. The second-order valence-electron chi connectivity index (χ2n) is 6.78. The van der Waals surface area contributed by atoms with E-state index in [1.165, 1.54) is 4.90 Å². The highest BCUT2D eigenvalue weighted by atomic mass is 35.5. The summed E-state index contributed by atoms with van der Waals surface area (Å²) < 4.78 is 5.21. The molecule has 2 aliphatic carbocycles. The van der Waals surface area contributed by atoms with Crippen LogP contribution in [0.2, 0.25) is 0 Å². The number of rotatable bonds is 3. The zero-order chi connectivity index (χ0) is 15.3. The average molecular weight is 341 g/mol. The first kappa shape index (κ1) is 16.4. The quantitative estimate of drug-likeness (QED) is 0.836. The van der Waals surface area contributed by atoms with Crippen molar-refractivity contribution in [2.24, 2.45) is 17.6 Å². The van der Waals surface area contributed by atoms with Crippen molar-refractivity contribution < 1.29 is 14.1 Å². The summed E-state index contributed by atoms with van der Waals surface area (Å²) in [6.45, 7) is 0.0771. The number of halogens is 1. The van der Waals surface area contributed by atoms with Gasteiger partial charge in [0.2, 0.25) is 17.7 Å². The Bertz CT molecular complexity index is 604. The van der Waals surface area contributed by atoms with Crippen LogP contribution in [0.25, 0.3) is 0 Å². The Kier molecular flexibility index (Phi) is 4.18. The van der Waals surface area contributed by atoms with Crippen LogP contribution in [-0.4, -0.2) is 26.9 Å². The van der Waals surface area contributed by atoms with Crippen LogP contribution in [0.5, 0.6) is 0 Å². The van der Waals surface area contributed by atoms with E-state index in [4.69, 9.17) is 10.3 Å². The van der Waals surface area contributed by atoms with Crippen molar-refractivity contribution in [1.82, 2.24) is 15.0 Å². The van der Waals surface area contributed by atoms with Gasteiger partial charge >= 0.3 is 0 Å². The fraction of sp³-hybridized carbons (Fsp3) is 0.733. The molecule has 2 atom stereocenters. The Morgan fingerprint density at radius 3 is 2.26 bits per heavy atom. The van der Waals surface area contributed by atoms with E-state index in [1.807, 2.05) is 0 Å². The van der Waals surface area contributed by atoms with Crippen LogP contribution in [-0.2, 0) is 21.7 Å². The van der Waals surface area contributed by atoms with Crippen LogP contribution in [0.15, 0.2) is 4.52 Å². The Hall–Kier alpha value is -1.47. The minimum Gasteiger partial charge on any atom is -0.337 e. The van der Waals surface area contributed by atoms with Gasteiger partial charge in [0, 0.05) is 0 Å². The normalized spacial score (nSPS) is 29.0. The molecule has 0 spiro atoms. The molecule has 2 unspecified atom stereocenters. The highest BCUT2D eigenvalue weighted by Crippen LogP contribution is 2.39. The fourth-order valence-electron chi connectivity index (χ4n) is 3.82. The molecule has 2 saturated carbocycles. The molecule has 3 fully saturated rings. The first-order chi connectivity index (χ1) is 10.6. The Balaban J connectivity index is 0.00000156. The highest BCUT2D eigenvalue weighted by molar-refractivity contribution is 6.05. The zero-order valence-electron chi connectivity index (χ0n) is 12.9. The molecule has 0 radical (unpaired) electrons. The lowest BCUT2D eigenvalue weighted by atomic mass is 9.77. The number of nitrogens with two attached hydrogens (primary N) is 1. The summed E-state index contributed by atoms with van der Waals surface area (Å²) in [7, 11) is 0. The van der Waals surface area contributed by atoms with Gasteiger partial charge in [0.25, 0.3) is 0 Å². The van der Waals surface area contributed by atoms with Crippen LogP contribution in [0.1, 0.15) is 56.7 Å². The number of hydrogen-bond acceptors (Lipinski definition) is 6. The van der Waals surface area contributed by atoms with Crippen molar-refractivity contribution in [3.63, 3.8) is 0 Å². The van der Waals surface area contributed by atoms with Crippen molar-refractivity contribution in [2.75, 3.05) is 0 Å². The largest absolute Gasteiger partial charge is 0.337 e. The van der Waals surface area contributed by atoms with Gasteiger partial charge < -0.3 is 10.3 Å². The minimum absolute atomic E-state index is 0. The zero-order valence-corrected chi connectivity index (χ0v) is 13.7. The SMILES string of the molecule is Cl.NC1(c2noc(CN3C(=O)C4CCCCC4C3=O)n2)CCC1. The van der Waals surface area contributed by atoms with E-state index in [9.17, 15) is 9.59 Å². The summed E-state index contributed by atoms with van der Waals surface area (Å²) in [5.41, 5.74) is 5.67. The van der Waals surface area contributed by atoms with Gasteiger partial charge in [-0.15, -0.1) is 12.4 Å². The van der Waals surface area contributed by atoms with Crippen LogP contribution < -0.4 is 5.73 Å². The van der Waals surface area contributed by atoms with E-state index in [0.29, 0.717) is 11.7 Å². The second-order valence-corrected chi connectivity index (χ2v) is 6.78. The number of imide groups is 1. The van der Waals surface area contributed by atoms with E-state index >= 15 is 0 Å². The smallest absolute Gasteiger partial charge is 0.246 e. The lowest BCUT2D eigenvalue weighted by Gasteiger charge is -2.34. The number of likely N-dealkylation sites (tertiary alicyclic amines) is 1. The highest BCUT2D eigenvalue weighted by Gasteiger charge is 2.48. The van der Waals surface area contributed by atoms with Crippen molar-refractivity contribution in [3.05, 3.63) is 11.7 Å². The number of aromatic nitrogens is 2. The summed E-state index contributed by atoms with van der Waals surface area (Å²) in [6, 6.07) is 0. The van der Waals surface area contributed by atoms with Gasteiger partial charge in [-0.3, -0.25) is 14.5 Å². The molecule has 1 aliphatic heterocycles. The topological polar surface area (TPSA) is 102 Å². The van der Waals surface area contributed by atoms with E-state index in [2.05, 4.69) is 10.1 Å². The third kappa shape index (κ3) is 2.55. The van der Waals surface area contributed by atoms with Crippen molar-refractivity contribution in [2.45, 2.75) is 57.0 Å². The predicted molar refractivity (Wildman–Crippen MR) is 82.3 cm³/mol. The van der Waals surface area contributed by atoms with Gasteiger partial charge in [0.1, 0.15) is 6.54 Å². The predicted octanol–water partition coefficient (Wildman–Crippen LogP) is 1.50. The minimum atomic E-state index is -0.491. The lowest BCUT2D eigenvalue weighted by Crippen LogP contribution is -2.44. The van der Waals surface area contributed by atoms with Crippen LogP contribution >= 0.6 is 12.4 Å². The molecule has 7 nitrogen and oxygen atoms in total. The molecule has 1 saturated heterocycles. The Morgan fingerprint density at radius 1 is 1.13 bits per heavy atom. The number of fused-ring (bicyclic) bond motifs is 1. The van der Waals surface area contributed by atoms with Crippen molar-refractivity contribution in [3.8, 4) is 0 Å². The van der Waals surface area contributed by atoms with Gasteiger partial charge in [0.15, 0.2) is 5.82 Å². The number of amides is 2. The molecule has 2 N–H and O–H groups in total. The van der Waals surface area contributed by atoms with Crippen LogP contribution in [0.3, 0.4) is 0 Å². The molecule has 0 aromatic carbocycles. The number of nitrogens with zero attached hydrogens (tertiary/aromatic N) is 3. The van der Waals surface area contributed by atoms with E-state index in [0.717, 1.165) is 44.9 Å². The first-order valence-corrected chi connectivity index (χ1v) is 8.06. The molecule has 8 heteroatoms. The van der Waals surface area contributed by atoms with Crippen molar-refractivity contribution in [1.29, 1.82) is 0 Å². The maximum absolute atomic E-state index is 12.4. The van der Waals surface area contributed by atoms with Gasteiger partial charge in [-0.2, -0.15) is 4.98 Å². The molecule has 2 heterocycles. The van der Waals surface area contributed by atoms with Crippen molar-refractivity contribution >= 4 is 24.2 Å². The summed E-state index contributed by atoms with van der Waals surface area (Å²) in [5.74, 6) is 0.339. The number of carbonyl (C=O) groups is 2. The molecule has 1 aromatic rings.